The molecule has 110 valence electrons. The SMILES string of the molecule is O=C(NCC1CCCCS1)c1ccc(F)c2ccccc12. The summed E-state index contributed by atoms with van der Waals surface area (Å²) in [5.74, 6) is 0.780. The van der Waals surface area contributed by atoms with Gasteiger partial charge in [-0.2, -0.15) is 11.8 Å². The van der Waals surface area contributed by atoms with Crippen molar-refractivity contribution >= 4 is 28.4 Å². The topological polar surface area (TPSA) is 29.1 Å². The van der Waals surface area contributed by atoms with Crippen molar-refractivity contribution in [2.24, 2.45) is 0 Å². The number of nitrogens with one attached hydrogen (secondary N) is 1. The van der Waals surface area contributed by atoms with Crippen LogP contribution in [0.3, 0.4) is 0 Å². The third-order valence-corrected chi connectivity index (χ3v) is 5.28. The summed E-state index contributed by atoms with van der Waals surface area (Å²) in [6.45, 7) is 0.690. The minimum absolute atomic E-state index is 0.114. The number of rotatable bonds is 3. The fraction of sp³-hybridized carbons (Fsp3) is 0.353. The van der Waals surface area contributed by atoms with E-state index < -0.39 is 0 Å². The van der Waals surface area contributed by atoms with Gasteiger partial charge in [-0.15, -0.1) is 0 Å². The lowest BCUT2D eigenvalue weighted by atomic mass is 10.0. The number of thioether (sulfide) groups is 1. The minimum Gasteiger partial charge on any atom is -0.351 e. The van der Waals surface area contributed by atoms with Gasteiger partial charge in [0.15, 0.2) is 0 Å². The molecule has 4 heteroatoms. The Bertz CT molecular complexity index is 652. The Morgan fingerprint density at radius 3 is 2.76 bits per heavy atom. The molecule has 21 heavy (non-hydrogen) atoms. The second-order valence-electron chi connectivity index (χ2n) is 5.34. The van der Waals surface area contributed by atoms with E-state index in [9.17, 15) is 9.18 Å². The molecule has 1 N–H and O–H groups in total. The van der Waals surface area contributed by atoms with Crippen molar-refractivity contribution in [3.63, 3.8) is 0 Å². The van der Waals surface area contributed by atoms with Crippen molar-refractivity contribution in [2.45, 2.75) is 24.5 Å². The Morgan fingerprint density at radius 1 is 1.19 bits per heavy atom. The zero-order valence-corrected chi connectivity index (χ0v) is 12.6. The molecule has 0 aromatic heterocycles. The molecule has 0 saturated carbocycles. The van der Waals surface area contributed by atoms with E-state index in [-0.39, 0.29) is 11.7 Å². The number of hydrogen-bond donors (Lipinski definition) is 1. The van der Waals surface area contributed by atoms with Crippen LogP contribution in [0.15, 0.2) is 36.4 Å². The first-order valence-corrected chi connectivity index (χ1v) is 8.37. The molecule has 1 heterocycles. The fourth-order valence-corrected chi connectivity index (χ4v) is 3.97. The quantitative estimate of drug-likeness (QED) is 0.929. The molecule has 1 saturated heterocycles. The number of benzene rings is 2. The summed E-state index contributed by atoms with van der Waals surface area (Å²) in [6, 6.07) is 10.1. The summed E-state index contributed by atoms with van der Waals surface area (Å²) in [5, 5.41) is 4.68. The van der Waals surface area contributed by atoms with Crippen LogP contribution >= 0.6 is 11.8 Å². The molecule has 1 amide bonds. The van der Waals surface area contributed by atoms with Crippen molar-refractivity contribution in [2.75, 3.05) is 12.3 Å². The van der Waals surface area contributed by atoms with Gasteiger partial charge in [-0.25, -0.2) is 4.39 Å². The van der Waals surface area contributed by atoms with Crippen LogP contribution in [-0.2, 0) is 0 Å². The number of fused-ring (bicyclic) bond motifs is 1. The normalized spacial score (nSPS) is 18.6. The molecule has 2 nitrogen and oxygen atoms in total. The van der Waals surface area contributed by atoms with E-state index in [0.29, 0.717) is 28.1 Å². The number of halogens is 1. The van der Waals surface area contributed by atoms with E-state index in [1.807, 2.05) is 17.8 Å². The summed E-state index contributed by atoms with van der Waals surface area (Å²) in [6.07, 6.45) is 3.68. The van der Waals surface area contributed by atoms with E-state index in [1.54, 1.807) is 24.3 Å². The Labute approximate surface area is 128 Å². The first-order valence-electron chi connectivity index (χ1n) is 7.33. The van der Waals surface area contributed by atoms with Crippen LogP contribution < -0.4 is 5.32 Å². The van der Waals surface area contributed by atoms with Gasteiger partial charge in [-0.05, 0) is 36.1 Å². The number of carbonyl (C=O) groups excluding carboxylic acids is 1. The minimum atomic E-state index is -0.287. The summed E-state index contributed by atoms with van der Waals surface area (Å²) in [5.41, 5.74) is 0.549. The maximum absolute atomic E-state index is 13.8. The van der Waals surface area contributed by atoms with E-state index in [1.165, 1.54) is 24.7 Å². The van der Waals surface area contributed by atoms with Gasteiger partial charge in [-0.3, -0.25) is 4.79 Å². The van der Waals surface area contributed by atoms with Crippen LogP contribution in [0.1, 0.15) is 29.6 Å². The van der Waals surface area contributed by atoms with Gasteiger partial charge >= 0.3 is 0 Å². The van der Waals surface area contributed by atoms with Crippen molar-refractivity contribution < 1.29 is 9.18 Å². The molecule has 3 rings (SSSR count). The lowest BCUT2D eigenvalue weighted by molar-refractivity contribution is 0.0955. The number of amides is 1. The standard InChI is InChI=1S/C17H18FNOS/c18-16-9-8-15(13-6-1-2-7-14(13)16)17(20)19-11-12-5-3-4-10-21-12/h1-2,6-9,12H,3-5,10-11H2,(H,19,20). The van der Waals surface area contributed by atoms with E-state index >= 15 is 0 Å². The summed E-state index contributed by atoms with van der Waals surface area (Å²) in [7, 11) is 0. The molecular formula is C17H18FNOS. The Hall–Kier alpha value is -1.55. The van der Waals surface area contributed by atoms with E-state index in [2.05, 4.69) is 5.32 Å². The fourth-order valence-electron chi connectivity index (χ4n) is 2.73. The van der Waals surface area contributed by atoms with Crippen LogP contribution in [-0.4, -0.2) is 23.5 Å². The van der Waals surface area contributed by atoms with Gasteiger partial charge in [0.25, 0.3) is 5.91 Å². The van der Waals surface area contributed by atoms with E-state index in [4.69, 9.17) is 0 Å². The highest BCUT2D eigenvalue weighted by atomic mass is 32.2. The predicted molar refractivity (Wildman–Crippen MR) is 86.3 cm³/mol. The molecule has 0 aliphatic carbocycles. The first kappa shape index (κ1) is 14.4. The third kappa shape index (κ3) is 3.21. The number of carbonyl (C=O) groups is 1. The molecule has 2 aromatic carbocycles. The zero-order chi connectivity index (χ0) is 14.7. The monoisotopic (exact) mass is 303 g/mol. The molecule has 1 fully saturated rings. The van der Waals surface area contributed by atoms with Gasteiger partial charge in [0.1, 0.15) is 5.82 Å². The molecule has 1 unspecified atom stereocenters. The highest BCUT2D eigenvalue weighted by Crippen LogP contribution is 2.25. The number of hydrogen-bond acceptors (Lipinski definition) is 2. The average molecular weight is 303 g/mol. The van der Waals surface area contributed by atoms with Gasteiger partial charge < -0.3 is 5.32 Å². The molecule has 2 aromatic rings. The van der Waals surface area contributed by atoms with Gasteiger partial charge in [0.2, 0.25) is 0 Å². The Kier molecular flexibility index (Phi) is 4.44. The summed E-state index contributed by atoms with van der Waals surface area (Å²) < 4.78 is 13.8. The van der Waals surface area contributed by atoms with Crippen molar-refractivity contribution in [1.29, 1.82) is 0 Å². The smallest absolute Gasteiger partial charge is 0.251 e. The zero-order valence-electron chi connectivity index (χ0n) is 11.8. The molecule has 0 radical (unpaired) electrons. The van der Waals surface area contributed by atoms with Crippen molar-refractivity contribution in [3.05, 3.63) is 47.8 Å². The molecule has 0 bridgehead atoms. The third-order valence-electron chi connectivity index (χ3n) is 3.88. The first-order chi connectivity index (χ1) is 10.3. The van der Waals surface area contributed by atoms with E-state index in [0.717, 1.165) is 6.42 Å². The highest BCUT2D eigenvalue weighted by Gasteiger charge is 2.17. The summed E-state index contributed by atoms with van der Waals surface area (Å²) >= 11 is 1.93. The molecule has 1 aliphatic heterocycles. The molecular weight excluding hydrogens is 285 g/mol. The Balaban J connectivity index is 1.77. The lowest BCUT2D eigenvalue weighted by Crippen LogP contribution is -2.32. The second-order valence-corrected chi connectivity index (χ2v) is 6.75. The van der Waals surface area contributed by atoms with Gasteiger partial charge in [0, 0.05) is 22.7 Å². The predicted octanol–water partition coefficient (Wildman–Crippen LogP) is 3.99. The Morgan fingerprint density at radius 2 is 2.00 bits per heavy atom. The lowest BCUT2D eigenvalue weighted by Gasteiger charge is -2.21. The summed E-state index contributed by atoms with van der Waals surface area (Å²) in [4.78, 5) is 12.4. The largest absolute Gasteiger partial charge is 0.351 e. The van der Waals surface area contributed by atoms with Gasteiger partial charge in [0.05, 0.1) is 0 Å². The van der Waals surface area contributed by atoms with Crippen LogP contribution in [0.5, 0.6) is 0 Å². The molecule has 1 atom stereocenters. The maximum Gasteiger partial charge on any atom is 0.251 e. The van der Waals surface area contributed by atoms with Crippen LogP contribution in [0.25, 0.3) is 10.8 Å². The maximum atomic E-state index is 13.8. The highest BCUT2D eigenvalue weighted by molar-refractivity contribution is 7.99. The van der Waals surface area contributed by atoms with Crippen molar-refractivity contribution in [3.8, 4) is 0 Å². The average Bonchev–Trinajstić information content (AvgIpc) is 2.54. The molecule has 1 aliphatic rings. The second kappa shape index (κ2) is 6.48. The van der Waals surface area contributed by atoms with Crippen LogP contribution in [0.2, 0.25) is 0 Å². The van der Waals surface area contributed by atoms with Crippen LogP contribution in [0, 0.1) is 5.82 Å². The van der Waals surface area contributed by atoms with Crippen molar-refractivity contribution in [1.82, 2.24) is 5.32 Å². The van der Waals surface area contributed by atoms with Crippen LogP contribution in [0.4, 0.5) is 4.39 Å². The molecule has 0 spiro atoms. The van der Waals surface area contributed by atoms with Gasteiger partial charge in [-0.1, -0.05) is 30.7 Å².